The van der Waals surface area contributed by atoms with Crippen molar-refractivity contribution >= 4 is 21.9 Å². The van der Waals surface area contributed by atoms with Gasteiger partial charge in [0.1, 0.15) is 11.2 Å². The van der Waals surface area contributed by atoms with Crippen LogP contribution in [-0.4, -0.2) is 15.0 Å². The zero-order chi connectivity index (χ0) is 33.3. The maximum Gasteiger partial charge on any atom is 0.164 e. The molecule has 2 heterocycles. The van der Waals surface area contributed by atoms with Crippen LogP contribution in [0.2, 0.25) is 0 Å². The van der Waals surface area contributed by atoms with Gasteiger partial charge in [0.15, 0.2) is 17.5 Å². The molecule has 0 saturated heterocycles. The first-order chi connectivity index (χ1) is 24.8. The molecule has 2 aromatic heterocycles. The van der Waals surface area contributed by atoms with Crippen LogP contribution in [0.4, 0.5) is 0 Å². The molecule has 0 unspecified atom stereocenters. The van der Waals surface area contributed by atoms with Crippen LogP contribution >= 0.6 is 0 Å². The van der Waals surface area contributed by atoms with Crippen molar-refractivity contribution in [1.82, 2.24) is 15.0 Å². The summed E-state index contributed by atoms with van der Waals surface area (Å²) in [7, 11) is 0. The van der Waals surface area contributed by atoms with Crippen molar-refractivity contribution in [3.63, 3.8) is 0 Å². The van der Waals surface area contributed by atoms with E-state index in [1.165, 1.54) is 16.7 Å². The zero-order valence-electron chi connectivity index (χ0n) is 27.1. The Morgan fingerprint density at radius 1 is 0.360 bits per heavy atom. The molecular weight excluding hydrogens is 611 g/mol. The molecule has 0 bridgehead atoms. The van der Waals surface area contributed by atoms with Crippen LogP contribution in [0, 0.1) is 0 Å². The Hall–Kier alpha value is -6.65. The summed E-state index contributed by atoms with van der Waals surface area (Å²) in [6, 6.07) is 65.2. The summed E-state index contributed by atoms with van der Waals surface area (Å²) in [4.78, 5) is 15.4. The van der Waals surface area contributed by atoms with E-state index in [2.05, 4.69) is 127 Å². The third kappa shape index (κ3) is 4.97. The summed E-state index contributed by atoms with van der Waals surface area (Å²) in [5.74, 6) is 1.81. The second kappa shape index (κ2) is 12.4. The molecule has 0 atom stereocenters. The Morgan fingerprint density at radius 3 is 1.46 bits per heavy atom. The highest BCUT2D eigenvalue weighted by molar-refractivity contribution is 6.11. The molecule has 0 aliphatic rings. The lowest BCUT2D eigenvalue weighted by Crippen LogP contribution is -2.31. The molecule has 236 valence electrons. The van der Waals surface area contributed by atoms with Crippen molar-refractivity contribution in [3.05, 3.63) is 210 Å². The first-order valence-electron chi connectivity index (χ1n) is 16.8. The van der Waals surface area contributed by atoms with E-state index in [1.54, 1.807) is 0 Å². The molecular formula is C46H31N3O. The van der Waals surface area contributed by atoms with Crippen molar-refractivity contribution in [3.8, 4) is 34.2 Å². The van der Waals surface area contributed by atoms with E-state index in [1.807, 2.05) is 60.7 Å². The van der Waals surface area contributed by atoms with Gasteiger partial charge in [-0.2, -0.15) is 0 Å². The predicted molar refractivity (Wildman–Crippen MR) is 202 cm³/mol. The first-order valence-corrected chi connectivity index (χ1v) is 16.8. The van der Waals surface area contributed by atoms with E-state index >= 15 is 0 Å². The summed E-state index contributed by atoms with van der Waals surface area (Å²) < 4.78 is 6.25. The Kier molecular flexibility index (Phi) is 7.33. The van der Waals surface area contributed by atoms with Crippen LogP contribution in [0.25, 0.3) is 56.1 Å². The number of benzene rings is 7. The SMILES string of the molecule is c1ccc(-c2nc(-c3cccc(C(c4ccccc4)(c4ccccc4)c4ccccc4)c3)nc(-c3cccc4oc5ccccc5c34)n2)cc1. The molecule has 4 nitrogen and oxygen atoms in total. The van der Waals surface area contributed by atoms with E-state index in [4.69, 9.17) is 19.4 Å². The summed E-state index contributed by atoms with van der Waals surface area (Å²) in [6.07, 6.45) is 0. The average molecular weight is 642 g/mol. The highest BCUT2D eigenvalue weighted by atomic mass is 16.3. The van der Waals surface area contributed by atoms with Crippen molar-refractivity contribution < 1.29 is 4.42 Å². The minimum Gasteiger partial charge on any atom is -0.456 e. The molecule has 4 heteroatoms. The number of fused-ring (bicyclic) bond motifs is 3. The van der Waals surface area contributed by atoms with Gasteiger partial charge in [0, 0.05) is 27.5 Å². The van der Waals surface area contributed by atoms with Crippen molar-refractivity contribution in [1.29, 1.82) is 0 Å². The Morgan fingerprint density at radius 2 is 0.820 bits per heavy atom. The molecule has 0 spiro atoms. The fourth-order valence-corrected chi connectivity index (χ4v) is 7.26. The maximum absolute atomic E-state index is 6.25. The van der Waals surface area contributed by atoms with Gasteiger partial charge in [-0.3, -0.25) is 0 Å². The summed E-state index contributed by atoms with van der Waals surface area (Å²) >= 11 is 0. The van der Waals surface area contributed by atoms with Crippen LogP contribution in [0.1, 0.15) is 22.3 Å². The van der Waals surface area contributed by atoms with Gasteiger partial charge in [-0.25, -0.2) is 15.0 Å². The van der Waals surface area contributed by atoms with Crippen LogP contribution < -0.4 is 0 Å². The largest absolute Gasteiger partial charge is 0.456 e. The average Bonchev–Trinajstić information content (AvgIpc) is 3.59. The van der Waals surface area contributed by atoms with Crippen LogP contribution in [0.3, 0.4) is 0 Å². The van der Waals surface area contributed by atoms with Gasteiger partial charge in [0.05, 0.1) is 5.41 Å². The second-order valence-corrected chi connectivity index (χ2v) is 12.4. The fourth-order valence-electron chi connectivity index (χ4n) is 7.26. The molecule has 0 saturated carbocycles. The molecule has 0 amide bonds. The highest BCUT2D eigenvalue weighted by Crippen LogP contribution is 2.46. The Balaban J connectivity index is 1.30. The quantitative estimate of drug-likeness (QED) is 0.163. The Labute approximate surface area is 290 Å². The fraction of sp³-hybridized carbons (Fsp3) is 0.0217. The standard InChI is InChI=1S/C46H31N3O/c1-5-17-32(18-6-1)43-47-44(49-45(48-43)39-28-16-30-41-42(39)38-27-13-14-29-40(38)50-41)33-19-15-26-37(31-33)46(34-20-7-2-8-21-34,35-22-9-3-10-23-35)36-24-11-4-12-25-36/h1-31H. The highest BCUT2D eigenvalue weighted by Gasteiger charge is 2.38. The molecule has 7 aromatic carbocycles. The second-order valence-electron chi connectivity index (χ2n) is 12.4. The predicted octanol–water partition coefficient (Wildman–Crippen LogP) is 11.2. The number of aromatic nitrogens is 3. The van der Waals surface area contributed by atoms with Gasteiger partial charge in [-0.1, -0.05) is 170 Å². The van der Waals surface area contributed by atoms with Gasteiger partial charge < -0.3 is 4.42 Å². The van der Waals surface area contributed by atoms with E-state index in [-0.39, 0.29) is 0 Å². The number of nitrogens with zero attached hydrogens (tertiary/aromatic N) is 3. The minimum atomic E-state index is -0.598. The van der Waals surface area contributed by atoms with Crippen molar-refractivity contribution in [2.75, 3.05) is 0 Å². The van der Waals surface area contributed by atoms with E-state index in [9.17, 15) is 0 Å². The van der Waals surface area contributed by atoms with Crippen molar-refractivity contribution in [2.24, 2.45) is 0 Å². The van der Waals surface area contributed by atoms with Gasteiger partial charge in [-0.15, -0.1) is 0 Å². The van der Waals surface area contributed by atoms with E-state index in [0.29, 0.717) is 17.5 Å². The lowest BCUT2D eigenvalue weighted by molar-refractivity contribution is 0.669. The van der Waals surface area contributed by atoms with Gasteiger partial charge >= 0.3 is 0 Å². The minimum absolute atomic E-state index is 0.594. The normalized spacial score (nSPS) is 11.6. The van der Waals surface area contributed by atoms with Gasteiger partial charge in [0.25, 0.3) is 0 Å². The molecule has 0 fully saturated rings. The number of para-hydroxylation sites is 1. The van der Waals surface area contributed by atoms with Gasteiger partial charge in [-0.05, 0) is 40.5 Å². The van der Waals surface area contributed by atoms with Crippen LogP contribution in [-0.2, 0) is 5.41 Å². The molecule has 0 aliphatic heterocycles. The number of hydrogen-bond donors (Lipinski definition) is 0. The first kappa shape index (κ1) is 29.5. The van der Waals surface area contributed by atoms with Crippen molar-refractivity contribution in [2.45, 2.75) is 5.41 Å². The summed E-state index contributed by atoms with van der Waals surface area (Å²) in [5, 5.41) is 2.02. The molecule has 0 radical (unpaired) electrons. The molecule has 50 heavy (non-hydrogen) atoms. The molecule has 9 aromatic rings. The Bertz CT molecular complexity index is 2480. The third-order valence-corrected chi connectivity index (χ3v) is 9.49. The lowest BCUT2D eigenvalue weighted by Gasteiger charge is -2.37. The number of furan rings is 1. The monoisotopic (exact) mass is 641 g/mol. The third-order valence-electron chi connectivity index (χ3n) is 9.49. The molecule has 0 aliphatic carbocycles. The van der Waals surface area contributed by atoms with Crippen LogP contribution in [0.5, 0.6) is 0 Å². The maximum atomic E-state index is 6.25. The zero-order valence-corrected chi connectivity index (χ0v) is 27.1. The topological polar surface area (TPSA) is 51.8 Å². The summed E-state index contributed by atoms with van der Waals surface area (Å²) in [6.45, 7) is 0. The molecule has 9 rings (SSSR count). The molecule has 0 N–H and O–H groups in total. The van der Waals surface area contributed by atoms with Crippen LogP contribution in [0.15, 0.2) is 192 Å². The smallest absolute Gasteiger partial charge is 0.164 e. The lowest BCUT2D eigenvalue weighted by atomic mass is 9.65. The summed E-state index contributed by atoms with van der Waals surface area (Å²) in [5.41, 5.74) is 8.40. The van der Waals surface area contributed by atoms with Gasteiger partial charge in [0.2, 0.25) is 0 Å². The van der Waals surface area contributed by atoms with E-state index in [0.717, 1.165) is 44.2 Å². The number of hydrogen-bond acceptors (Lipinski definition) is 4. The van der Waals surface area contributed by atoms with E-state index < -0.39 is 5.41 Å². The number of rotatable bonds is 7.